The maximum absolute atomic E-state index is 11.5. The van der Waals surface area contributed by atoms with Gasteiger partial charge in [-0.3, -0.25) is 9.69 Å². The highest BCUT2D eigenvalue weighted by Gasteiger charge is 2.40. The zero-order valence-electron chi connectivity index (χ0n) is 10.7. The zero-order chi connectivity index (χ0) is 13.3. The summed E-state index contributed by atoms with van der Waals surface area (Å²) in [6.07, 6.45) is 2.75. The van der Waals surface area contributed by atoms with E-state index >= 15 is 0 Å². The summed E-state index contributed by atoms with van der Waals surface area (Å²) in [7, 11) is 4.05. The van der Waals surface area contributed by atoms with Crippen molar-refractivity contribution in [3.8, 4) is 0 Å². The summed E-state index contributed by atoms with van der Waals surface area (Å²) in [5.41, 5.74) is 0.745. The van der Waals surface area contributed by atoms with Crippen molar-refractivity contribution in [3.05, 3.63) is 33.8 Å². The molecule has 2 nitrogen and oxygen atoms in total. The lowest BCUT2D eigenvalue weighted by molar-refractivity contribution is -0.122. The molecule has 0 N–H and O–H groups in total. The monoisotopic (exact) mass is 285 g/mol. The van der Waals surface area contributed by atoms with Crippen LogP contribution in [-0.4, -0.2) is 24.8 Å². The number of nitrogens with zero attached hydrogens (tertiary/aromatic N) is 1. The molecule has 0 bridgehead atoms. The fraction of sp³-hybridized carbons (Fsp3) is 0.500. The molecule has 0 atom stereocenters. The first-order chi connectivity index (χ1) is 8.47. The number of ketones is 1. The minimum absolute atomic E-state index is 0.219. The first-order valence-corrected chi connectivity index (χ1v) is 6.86. The van der Waals surface area contributed by atoms with Crippen LogP contribution >= 0.6 is 23.2 Å². The summed E-state index contributed by atoms with van der Waals surface area (Å²) in [5, 5.41) is 1.37. The van der Waals surface area contributed by atoms with Gasteiger partial charge in [-0.2, -0.15) is 0 Å². The van der Waals surface area contributed by atoms with E-state index < -0.39 is 0 Å². The number of hydrogen-bond donors (Lipinski definition) is 0. The molecule has 0 radical (unpaired) electrons. The van der Waals surface area contributed by atoms with Gasteiger partial charge in [0.1, 0.15) is 5.78 Å². The Morgan fingerprint density at radius 1 is 1.11 bits per heavy atom. The number of hydrogen-bond acceptors (Lipinski definition) is 2. The van der Waals surface area contributed by atoms with Crippen molar-refractivity contribution in [2.24, 2.45) is 0 Å². The van der Waals surface area contributed by atoms with Crippen molar-refractivity contribution in [2.45, 2.75) is 31.2 Å². The third-order valence-corrected chi connectivity index (χ3v) is 4.55. The lowest BCUT2D eigenvalue weighted by Crippen LogP contribution is -2.45. The van der Waals surface area contributed by atoms with E-state index in [0.29, 0.717) is 28.7 Å². The number of carbonyl (C=O) groups is 1. The molecule has 1 aliphatic rings. The fourth-order valence-electron chi connectivity index (χ4n) is 2.81. The van der Waals surface area contributed by atoms with Gasteiger partial charge in [-0.05, 0) is 39.1 Å². The standard InChI is InChI=1S/C14H17Cl2NO/c1-17(2)14(8-6-10(18)7-9-14)13-11(15)4-3-5-12(13)16/h3-5H,6-9H2,1-2H3. The van der Waals surface area contributed by atoms with Crippen LogP contribution in [-0.2, 0) is 10.3 Å². The number of Topliss-reactive ketones (excluding diaryl/α,β-unsaturated/α-hetero) is 1. The Kier molecular flexibility index (Phi) is 4.00. The van der Waals surface area contributed by atoms with Crippen LogP contribution in [0.3, 0.4) is 0 Å². The van der Waals surface area contributed by atoms with Crippen molar-refractivity contribution < 1.29 is 4.79 Å². The number of carbonyl (C=O) groups excluding carboxylic acids is 1. The third kappa shape index (κ3) is 2.29. The van der Waals surface area contributed by atoms with Gasteiger partial charge in [0.15, 0.2) is 0 Å². The smallest absolute Gasteiger partial charge is 0.133 e. The predicted octanol–water partition coefficient (Wildman–Crippen LogP) is 3.89. The molecule has 0 unspecified atom stereocenters. The summed E-state index contributed by atoms with van der Waals surface area (Å²) in [4.78, 5) is 13.6. The van der Waals surface area contributed by atoms with Crippen LogP contribution in [0.2, 0.25) is 10.0 Å². The van der Waals surface area contributed by atoms with E-state index in [1.807, 2.05) is 32.3 Å². The molecule has 4 heteroatoms. The van der Waals surface area contributed by atoms with E-state index in [0.717, 1.165) is 18.4 Å². The lowest BCUT2D eigenvalue weighted by Gasteiger charge is -2.44. The Labute approximate surface area is 118 Å². The van der Waals surface area contributed by atoms with Gasteiger partial charge in [0.2, 0.25) is 0 Å². The lowest BCUT2D eigenvalue weighted by atomic mass is 9.75. The van der Waals surface area contributed by atoms with Crippen LogP contribution in [0.4, 0.5) is 0 Å². The fourth-order valence-corrected chi connectivity index (χ4v) is 3.55. The molecule has 1 aromatic carbocycles. The molecule has 1 fully saturated rings. The van der Waals surface area contributed by atoms with Gasteiger partial charge in [-0.15, -0.1) is 0 Å². The molecule has 0 aliphatic heterocycles. The highest BCUT2D eigenvalue weighted by atomic mass is 35.5. The Hall–Kier alpha value is -0.570. The SMILES string of the molecule is CN(C)C1(c2c(Cl)cccc2Cl)CCC(=O)CC1. The number of benzene rings is 1. The van der Waals surface area contributed by atoms with Gasteiger partial charge in [-0.1, -0.05) is 29.3 Å². The summed E-state index contributed by atoms with van der Waals surface area (Å²) in [6.45, 7) is 0. The van der Waals surface area contributed by atoms with Gasteiger partial charge in [0.25, 0.3) is 0 Å². The molecule has 0 heterocycles. The van der Waals surface area contributed by atoms with E-state index in [9.17, 15) is 4.79 Å². The second-order valence-corrected chi connectivity index (χ2v) is 5.88. The third-order valence-electron chi connectivity index (χ3n) is 3.92. The Bertz CT molecular complexity index is 441. The van der Waals surface area contributed by atoms with Crippen LogP contribution in [0.5, 0.6) is 0 Å². The van der Waals surface area contributed by atoms with Crippen molar-refractivity contribution in [2.75, 3.05) is 14.1 Å². The molecule has 1 aromatic rings. The topological polar surface area (TPSA) is 20.3 Å². The minimum Gasteiger partial charge on any atom is -0.300 e. The molecule has 98 valence electrons. The Morgan fingerprint density at radius 2 is 1.61 bits per heavy atom. The van der Waals surface area contributed by atoms with E-state index in [2.05, 4.69) is 4.90 Å². The molecule has 0 saturated heterocycles. The second kappa shape index (κ2) is 5.20. The summed E-state index contributed by atoms with van der Waals surface area (Å²) in [5.74, 6) is 0.329. The second-order valence-electron chi connectivity index (χ2n) is 5.06. The van der Waals surface area contributed by atoms with Crippen molar-refractivity contribution in [1.82, 2.24) is 4.90 Å². The van der Waals surface area contributed by atoms with Gasteiger partial charge in [0.05, 0.1) is 0 Å². The molecular formula is C14H17Cl2NO. The molecule has 18 heavy (non-hydrogen) atoms. The molecule has 2 rings (SSSR count). The summed E-state index contributed by atoms with van der Waals surface area (Å²) >= 11 is 12.7. The van der Waals surface area contributed by atoms with Crippen LogP contribution in [0, 0.1) is 0 Å². The Morgan fingerprint density at radius 3 is 2.06 bits per heavy atom. The predicted molar refractivity (Wildman–Crippen MR) is 75.3 cm³/mol. The quantitative estimate of drug-likeness (QED) is 0.822. The van der Waals surface area contributed by atoms with Crippen molar-refractivity contribution >= 4 is 29.0 Å². The molecular weight excluding hydrogens is 269 g/mol. The van der Waals surface area contributed by atoms with Crippen LogP contribution < -0.4 is 0 Å². The number of rotatable bonds is 2. The maximum Gasteiger partial charge on any atom is 0.133 e. The van der Waals surface area contributed by atoms with E-state index in [1.54, 1.807) is 0 Å². The van der Waals surface area contributed by atoms with Gasteiger partial charge in [-0.25, -0.2) is 0 Å². The number of halogens is 2. The van der Waals surface area contributed by atoms with Crippen molar-refractivity contribution in [1.29, 1.82) is 0 Å². The normalized spacial score (nSPS) is 19.3. The van der Waals surface area contributed by atoms with Gasteiger partial charge in [0, 0.05) is 34.0 Å². The van der Waals surface area contributed by atoms with Crippen LogP contribution in [0.15, 0.2) is 18.2 Å². The highest BCUT2D eigenvalue weighted by molar-refractivity contribution is 6.36. The first-order valence-electron chi connectivity index (χ1n) is 6.11. The van der Waals surface area contributed by atoms with Crippen molar-refractivity contribution in [3.63, 3.8) is 0 Å². The zero-order valence-corrected chi connectivity index (χ0v) is 12.2. The van der Waals surface area contributed by atoms with E-state index in [1.165, 1.54) is 0 Å². The average molecular weight is 286 g/mol. The van der Waals surface area contributed by atoms with E-state index in [-0.39, 0.29) is 5.54 Å². The van der Waals surface area contributed by atoms with Gasteiger partial charge < -0.3 is 0 Å². The molecule has 1 saturated carbocycles. The van der Waals surface area contributed by atoms with Crippen LogP contribution in [0.1, 0.15) is 31.2 Å². The first kappa shape index (κ1) is 13.9. The minimum atomic E-state index is -0.219. The molecule has 0 amide bonds. The Balaban J connectivity index is 2.51. The molecule has 0 aromatic heterocycles. The van der Waals surface area contributed by atoms with Crippen LogP contribution in [0.25, 0.3) is 0 Å². The van der Waals surface area contributed by atoms with E-state index in [4.69, 9.17) is 23.2 Å². The summed E-state index contributed by atoms with van der Waals surface area (Å²) in [6, 6.07) is 5.58. The maximum atomic E-state index is 11.5. The molecule has 1 aliphatic carbocycles. The molecule has 0 spiro atoms. The summed E-state index contributed by atoms with van der Waals surface area (Å²) < 4.78 is 0. The average Bonchev–Trinajstić information content (AvgIpc) is 2.31. The van der Waals surface area contributed by atoms with Gasteiger partial charge >= 0.3 is 0 Å². The highest BCUT2D eigenvalue weighted by Crippen LogP contribution is 2.45. The largest absolute Gasteiger partial charge is 0.300 e.